The Kier molecular flexibility index (Phi) is 7.38. The van der Waals surface area contributed by atoms with E-state index in [1.54, 1.807) is 31.3 Å². The molecule has 1 amide bonds. The molecule has 5 nitrogen and oxygen atoms in total. The van der Waals surface area contributed by atoms with E-state index in [2.05, 4.69) is 17.3 Å². The van der Waals surface area contributed by atoms with Crippen LogP contribution in [0.25, 0.3) is 0 Å². The number of nitrogens with zero attached hydrogens (tertiary/aromatic N) is 2. The van der Waals surface area contributed by atoms with Crippen LogP contribution in [0, 0.1) is 12.7 Å². The Hall–Kier alpha value is -2.63. The Morgan fingerprint density at radius 2 is 2.19 bits per heavy atom. The molecule has 0 aliphatic carbocycles. The van der Waals surface area contributed by atoms with Crippen molar-refractivity contribution in [3.8, 4) is 5.75 Å². The Bertz CT molecular complexity index is 768. The van der Waals surface area contributed by atoms with Gasteiger partial charge in [-0.2, -0.15) is 5.10 Å². The van der Waals surface area contributed by atoms with Gasteiger partial charge in [-0.15, -0.1) is 0 Å². The molecule has 1 heterocycles. The van der Waals surface area contributed by atoms with Crippen molar-refractivity contribution in [3.63, 3.8) is 0 Å². The lowest BCUT2D eigenvalue weighted by molar-refractivity contribution is 0.0941. The van der Waals surface area contributed by atoms with E-state index in [1.165, 1.54) is 4.68 Å². The quantitative estimate of drug-likeness (QED) is 0.545. The second kappa shape index (κ2) is 9.75. The number of nitrogens with one attached hydrogen (secondary N) is 1. The SMILES string of the molecule is CCCCC=CCOc1cccc(CNC(=O)c2cc(C)nn2C)c1F. The first kappa shape index (κ1) is 19.7. The highest BCUT2D eigenvalue weighted by Gasteiger charge is 2.14. The summed E-state index contributed by atoms with van der Waals surface area (Å²) in [5.74, 6) is -0.554. The molecule has 6 heteroatoms. The third kappa shape index (κ3) is 5.44. The molecule has 0 aliphatic heterocycles. The molecule has 1 aromatic carbocycles. The van der Waals surface area contributed by atoms with Gasteiger partial charge in [-0.25, -0.2) is 4.39 Å². The summed E-state index contributed by atoms with van der Waals surface area (Å²) in [5, 5.41) is 6.85. The van der Waals surface area contributed by atoms with E-state index in [0.29, 0.717) is 17.9 Å². The molecule has 0 unspecified atom stereocenters. The smallest absolute Gasteiger partial charge is 0.269 e. The number of rotatable bonds is 9. The van der Waals surface area contributed by atoms with Crippen LogP contribution in [0.2, 0.25) is 0 Å². The van der Waals surface area contributed by atoms with E-state index in [9.17, 15) is 9.18 Å². The normalized spacial score (nSPS) is 11.1. The third-order valence-electron chi connectivity index (χ3n) is 3.94. The number of ether oxygens (including phenoxy) is 1. The lowest BCUT2D eigenvalue weighted by atomic mass is 10.2. The van der Waals surface area contributed by atoms with Crippen LogP contribution in [0.15, 0.2) is 36.4 Å². The molecular formula is C20H26FN3O2. The zero-order valence-electron chi connectivity index (χ0n) is 15.6. The monoisotopic (exact) mass is 359 g/mol. The van der Waals surface area contributed by atoms with Gasteiger partial charge in [0.15, 0.2) is 11.6 Å². The van der Waals surface area contributed by atoms with Gasteiger partial charge in [-0.1, -0.05) is 44.1 Å². The number of hydrogen-bond donors (Lipinski definition) is 1. The molecule has 1 aromatic heterocycles. The average molecular weight is 359 g/mol. The van der Waals surface area contributed by atoms with E-state index < -0.39 is 5.82 Å². The van der Waals surface area contributed by atoms with E-state index in [0.717, 1.165) is 25.0 Å². The van der Waals surface area contributed by atoms with Crippen LogP contribution in [0.1, 0.15) is 47.9 Å². The molecule has 0 spiro atoms. The highest BCUT2D eigenvalue weighted by Crippen LogP contribution is 2.20. The van der Waals surface area contributed by atoms with Gasteiger partial charge in [0.05, 0.1) is 5.69 Å². The number of allylic oxidation sites excluding steroid dienone is 1. The largest absolute Gasteiger partial charge is 0.486 e. The summed E-state index contributed by atoms with van der Waals surface area (Å²) in [6.07, 6.45) is 7.22. The molecule has 0 atom stereocenters. The number of carbonyl (C=O) groups excluding carboxylic acids is 1. The second-order valence-electron chi connectivity index (χ2n) is 6.13. The van der Waals surface area contributed by atoms with Gasteiger partial charge in [0, 0.05) is 19.2 Å². The highest BCUT2D eigenvalue weighted by molar-refractivity contribution is 5.92. The Balaban J connectivity index is 1.92. The molecule has 26 heavy (non-hydrogen) atoms. The van der Waals surface area contributed by atoms with Gasteiger partial charge in [0.25, 0.3) is 5.91 Å². The van der Waals surface area contributed by atoms with Gasteiger partial charge < -0.3 is 10.1 Å². The van der Waals surface area contributed by atoms with Crippen LogP contribution < -0.4 is 10.1 Å². The number of amides is 1. The van der Waals surface area contributed by atoms with Crippen LogP contribution in [-0.2, 0) is 13.6 Å². The molecular weight excluding hydrogens is 333 g/mol. The van der Waals surface area contributed by atoms with Crippen molar-refractivity contribution in [1.29, 1.82) is 0 Å². The number of hydrogen-bond acceptors (Lipinski definition) is 3. The van der Waals surface area contributed by atoms with E-state index in [4.69, 9.17) is 4.74 Å². The van der Waals surface area contributed by atoms with Crippen molar-refractivity contribution in [1.82, 2.24) is 15.1 Å². The van der Waals surface area contributed by atoms with Crippen molar-refractivity contribution in [2.75, 3.05) is 6.61 Å². The van der Waals surface area contributed by atoms with Gasteiger partial charge >= 0.3 is 0 Å². The first-order valence-corrected chi connectivity index (χ1v) is 8.87. The standard InChI is InChI=1S/C20H26FN3O2/c1-4-5-6-7-8-12-26-18-11-9-10-16(19(18)21)14-22-20(25)17-13-15(2)23-24(17)3/h7-11,13H,4-6,12,14H2,1-3H3,(H,22,25). The number of unbranched alkanes of at least 4 members (excludes halogenated alkanes) is 2. The summed E-state index contributed by atoms with van der Waals surface area (Å²) in [6.45, 7) is 4.36. The molecule has 2 aromatic rings. The van der Waals surface area contributed by atoms with E-state index in [-0.39, 0.29) is 18.2 Å². The Morgan fingerprint density at radius 3 is 2.88 bits per heavy atom. The fourth-order valence-electron chi connectivity index (χ4n) is 2.54. The molecule has 0 fully saturated rings. The highest BCUT2D eigenvalue weighted by atomic mass is 19.1. The summed E-state index contributed by atoms with van der Waals surface area (Å²) in [5.41, 5.74) is 1.57. The van der Waals surface area contributed by atoms with Crippen LogP contribution in [0.3, 0.4) is 0 Å². The zero-order valence-corrected chi connectivity index (χ0v) is 15.6. The number of carbonyl (C=O) groups is 1. The van der Waals surface area contributed by atoms with Crippen LogP contribution in [0.4, 0.5) is 4.39 Å². The summed E-state index contributed by atoms with van der Waals surface area (Å²) >= 11 is 0. The summed E-state index contributed by atoms with van der Waals surface area (Å²) < 4.78 is 21.5. The molecule has 0 saturated carbocycles. The van der Waals surface area contributed by atoms with Gasteiger partial charge in [-0.05, 0) is 25.5 Å². The van der Waals surface area contributed by atoms with Crippen LogP contribution in [0.5, 0.6) is 5.75 Å². The number of aromatic nitrogens is 2. The maximum atomic E-state index is 14.5. The first-order chi connectivity index (χ1) is 12.5. The number of benzene rings is 1. The molecule has 140 valence electrons. The van der Waals surface area contributed by atoms with Crippen molar-refractivity contribution in [3.05, 3.63) is 59.2 Å². The molecule has 0 saturated heterocycles. The number of aryl methyl sites for hydroxylation is 2. The Labute approximate surface area is 153 Å². The maximum Gasteiger partial charge on any atom is 0.269 e. The van der Waals surface area contributed by atoms with E-state index in [1.807, 2.05) is 19.1 Å². The molecule has 0 radical (unpaired) electrons. The minimum Gasteiger partial charge on any atom is -0.486 e. The lowest BCUT2D eigenvalue weighted by Crippen LogP contribution is -2.25. The van der Waals surface area contributed by atoms with Crippen molar-refractivity contribution in [2.45, 2.75) is 39.7 Å². The van der Waals surface area contributed by atoms with Crippen molar-refractivity contribution in [2.24, 2.45) is 7.05 Å². The average Bonchev–Trinajstić information content (AvgIpc) is 2.96. The van der Waals surface area contributed by atoms with Gasteiger partial charge in [-0.3, -0.25) is 9.48 Å². The topological polar surface area (TPSA) is 56.1 Å². The zero-order chi connectivity index (χ0) is 18.9. The van der Waals surface area contributed by atoms with Gasteiger partial charge in [0.1, 0.15) is 12.3 Å². The fraction of sp³-hybridized carbons (Fsp3) is 0.400. The van der Waals surface area contributed by atoms with Crippen molar-refractivity contribution < 1.29 is 13.9 Å². The first-order valence-electron chi connectivity index (χ1n) is 8.87. The summed E-state index contributed by atoms with van der Waals surface area (Å²) in [7, 11) is 1.70. The number of halogens is 1. The molecule has 0 aliphatic rings. The van der Waals surface area contributed by atoms with Crippen molar-refractivity contribution >= 4 is 5.91 Å². The molecule has 0 bridgehead atoms. The fourth-order valence-corrected chi connectivity index (χ4v) is 2.54. The third-order valence-corrected chi connectivity index (χ3v) is 3.94. The predicted octanol–water partition coefficient (Wildman–Crippen LogP) is 3.92. The molecule has 2 rings (SSSR count). The molecule has 1 N–H and O–H groups in total. The summed E-state index contributed by atoms with van der Waals surface area (Å²) in [6, 6.07) is 6.63. The van der Waals surface area contributed by atoms with Crippen LogP contribution in [-0.4, -0.2) is 22.3 Å². The van der Waals surface area contributed by atoms with Gasteiger partial charge in [0.2, 0.25) is 0 Å². The lowest BCUT2D eigenvalue weighted by Gasteiger charge is -2.10. The minimum absolute atomic E-state index is 0.0818. The maximum absolute atomic E-state index is 14.5. The minimum atomic E-state index is -0.448. The second-order valence-corrected chi connectivity index (χ2v) is 6.13. The van der Waals surface area contributed by atoms with E-state index >= 15 is 0 Å². The van der Waals surface area contributed by atoms with Crippen LogP contribution >= 0.6 is 0 Å². The summed E-state index contributed by atoms with van der Waals surface area (Å²) in [4.78, 5) is 12.2. The Morgan fingerprint density at radius 1 is 1.38 bits per heavy atom. The predicted molar refractivity (Wildman–Crippen MR) is 99.7 cm³/mol.